The number of rotatable bonds is 8. The molecule has 152 valence electrons. The highest BCUT2D eigenvalue weighted by Crippen LogP contribution is 2.44. The Kier molecular flexibility index (Phi) is 8.56. The van der Waals surface area contributed by atoms with Gasteiger partial charge in [0, 0.05) is 31.1 Å². The van der Waals surface area contributed by atoms with E-state index in [1.165, 1.54) is 13.2 Å². The van der Waals surface area contributed by atoms with Crippen molar-refractivity contribution in [3.63, 3.8) is 0 Å². The van der Waals surface area contributed by atoms with Gasteiger partial charge < -0.3 is 9.84 Å². The Morgan fingerprint density at radius 1 is 1.15 bits per heavy atom. The predicted molar refractivity (Wildman–Crippen MR) is 87.0 cm³/mol. The molecule has 0 aromatic heterocycles. The van der Waals surface area contributed by atoms with E-state index in [0.29, 0.717) is 5.57 Å². The van der Waals surface area contributed by atoms with Gasteiger partial charge in [-0.05, 0) is 6.92 Å². The molecule has 0 aromatic rings. The predicted octanol–water partition coefficient (Wildman–Crippen LogP) is 4.32. The molecule has 0 aliphatic heterocycles. The monoisotopic (exact) mass is 390 g/mol. The highest BCUT2D eigenvalue weighted by atomic mass is 19.4. The van der Waals surface area contributed by atoms with Gasteiger partial charge in [0.05, 0.1) is 13.2 Å². The summed E-state index contributed by atoms with van der Waals surface area (Å²) in [6.07, 6.45) is -8.67. The number of allylic oxidation sites excluding steroid dienone is 1. The molecule has 0 aliphatic rings. The van der Waals surface area contributed by atoms with Crippen LogP contribution in [0.2, 0.25) is 0 Å². The van der Waals surface area contributed by atoms with Crippen LogP contribution in [0.3, 0.4) is 0 Å². The number of aliphatic hydroxyl groups is 1. The van der Waals surface area contributed by atoms with E-state index in [0.717, 1.165) is 17.7 Å². The maximum atomic E-state index is 12.9. The summed E-state index contributed by atoms with van der Waals surface area (Å²) in [4.78, 5) is 0. The largest absolute Gasteiger partial charge is 0.404 e. The van der Waals surface area contributed by atoms with Crippen LogP contribution < -0.4 is 0 Å². The fraction of sp³-hybridized carbons (Fsp3) is 0.706. The maximum Gasteiger partial charge on any atom is 0.404 e. The number of methoxy groups -OCH3 is 1. The van der Waals surface area contributed by atoms with Crippen molar-refractivity contribution in [1.82, 2.24) is 0 Å². The van der Waals surface area contributed by atoms with Gasteiger partial charge in [-0.3, -0.25) is 0 Å². The SMILES string of the molecule is C=[N+](/C=C(\C)C(C(F)(F)F)C(F)(F)F)C(C)(/C(=C/COC)CO)C(C)C. The van der Waals surface area contributed by atoms with Crippen LogP contribution in [0.4, 0.5) is 26.3 Å². The molecule has 0 saturated heterocycles. The van der Waals surface area contributed by atoms with Crippen molar-refractivity contribution in [2.24, 2.45) is 11.8 Å². The molecular weight excluding hydrogens is 364 g/mol. The summed E-state index contributed by atoms with van der Waals surface area (Å²) < 4.78 is 83.3. The van der Waals surface area contributed by atoms with E-state index >= 15 is 0 Å². The molecule has 0 rings (SSSR count). The molecule has 0 amide bonds. The minimum Gasteiger partial charge on any atom is -0.392 e. The van der Waals surface area contributed by atoms with Gasteiger partial charge in [0.1, 0.15) is 6.72 Å². The molecule has 0 heterocycles. The van der Waals surface area contributed by atoms with Crippen LogP contribution in [0.1, 0.15) is 27.7 Å². The standard InChI is InChI=1S/C17H26F6NO2/c1-11(2)15(4,13(10-25)7-8-26-6)24(5)9-12(3)14(16(18,19)20)17(21,22)23/h7,9,11,14,25H,5,8,10H2,1-4,6H3/q+1/b12-9+,13-7+. The van der Waals surface area contributed by atoms with Crippen molar-refractivity contribution < 1.29 is 40.8 Å². The summed E-state index contributed by atoms with van der Waals surface area (Å²) in [5, 5.41) is 9.63. The van der Waals surface area contributed by atoms with E-state index in [9.17, 15) is 31.4 Å². The lowest BCUT2D eigenvalue weighted by atomic mass is 9.80. The number of hydrogen-bond acceptors (Lipinski definition) is 2. The fourth-order valence-corrected chi connectivity index (χ4v) is 2.66. The molecule has 0 aliphatic carbocycles. The summed E-state index contributed by atoms with van der Waals surface area (Å²) in [7, 11) is 1.42. The second-order valence-electron chi connectivity index (χ2n) is 6.50. The Bertz CT molecular complexity index is 534. The summed E-state index contributed by atoms with van der Waals surface area (Å²) in [6, 6.07) is 0. The lowest BCUT2D eigenvalue weighted by Crippen LogP contribution is -2.45. The average Bonchev–Trinajstić information content (AvgIpc) is 2.43. The lowest BCUT2D eigenvalue weighted by Gasteiger charge is -2.31. The van der Waals surface area contributed by atoms with Gasteiger partial charge in [-0.2, -0.15) is 26.3 Å². The Morgan fingerprint density at radius 3 is 1.92 bits per heavy atom. The second-order valence-corrected chi connectivity index (χ2v) is 6.50. The third-order valence-electron chi connectivity index (χ3n) is 4.51. The fourth-order valence-electron chi connectivity index (χ4n) is 2.66. The highest BCUT2D eigenvalue weighted by Gasteiger charge is 2.58. The van der Waals surface area contributed by atoms with Gasteiger partial charge in [0.2, 0.25) is 0 Å². The molecule has 0 aromatic carbocycles. The van der Waals surface area contributed by atoms with Crippen molar-refractivity contribution >= 4 is 6.72 Å². The number of aliphatic hydroxyl groups excluding tert-OH is 1. The molecule has 0 fully saturated rings. The molecule has 26 heavy (non-hydrogen) atoms. The van der Waals surface area contributed by atoms with E-state index in [-0.39, 0.29) is 12.5 Å². The Morgan fingerprint density at radius 2 is 1.62 bits per heavy atom. The number of hydrogen-bond donors (Lipinski definition) is 1. The normalized spacial score (nSPS) is 17.0. The van der Waals surface area contributed by atoms with Crippen LogP contribution in [0.25, 0.3) is 0 Å². The smallest absolute Gasteiger partial charge is 0.392 e. The molecule has 0 saturated carbocycles. The highest BCUT2D eigenvalue weighted by molar-refractivity contribution is 5.25. The first-order valence-electron chi connectivity index (χ1n) is 7.84. The molecule has 0 bridgehead atoms. The summed E-state index contributed by atoms with van der Waals surface area (Å²) >= 11 is 0. The third-order valence-corrected chi connectivity index (χ3v) is 4.51. The molecule has 3 nitrogen and oxygen atoms in total. The van der Waals surface area contributed by atoms with E-state index in [1.54, 1.807) is 20.8 Å². The van der Waals surface area contributed by atoms with Gasteiger partial charge in [-0.15, -0.1) is 0 Å². The van der Waals surface area contributed by atoms with Crippen LogP contribution in [-0.4, -0.2) is 54.6 Å². The zero-order chi connectivity index (χ0) is 20.9. The molecule has 0 radical (unpaired) electrons. The van der Waals surface area contributed by atoms with Gasteiger partial charge in [-0.1, -0.05) is 19.9 Å². The number of ether oxygens (including phenoxy) is 1. The van der Waals surface area contributed by atoms with Crippen molar-refractivity contribution in [3.8, 4) is 0 Å². The van der Waals surface area contributed by atoms with E-state index in [1.807, 2.05) is 0 Å². The first-order chi connectivity index (χ1) is 11.6. The minimum absolute atomic E-state index is 0.127. The quantitative estimate of drug-likeness (QED) is 0.290. The van der Waals surface area contributed by atoms with Gasteiger partial charge >= 0.3 is 12.4 Å². The molecule has 1 N–H and O–H groups in total. The van der Waals surface area contributed by atoms with Gasteiger partial charge in [0.15, 0.2) is 17.7 Å². The van der Waals surface area contributed by atoms with E-state index < -0.39 is 36.0 Å². The lowest BCUT2D eigenvalue weighted by molar-refractivity contribution is -0.536. The maximum absolute atomic E-state index is 12.9. The zero-order valence-electron chi connectivity index (χ0n) is 15.5. The van der Waals surface area contributed by atoms with Crippen LogP contribution in [0.5, 0.6) is 0 Å². The van der Waals surface area contributed by atoms with E-state index in [4.69, 9.17) is 4.74 Å². The van der Waals surface area contributed by atoms with E-state index in [2.05, 4.69) is 6.72 Å². The minimum atomic E-state index is -5.47. The molecule has 1 unspecified atom stereocenters. The Balaban J connectivity index is 6.14. The van der Waals surface area contributed by atoms with Crippen LogP contribution in [0, 0.1) is 11.8 Å². The van der Waals surface area contributed by atoms with Gasteiger partial charge in [0.25, 0.3) is 0 Å². The average molecular weight is 390 g/mol. The molecule has 0 spiro atoms. The molecular formula is C17H26F6NO2+. The van der Waals surface area contributed by atoms with Crippen molar-refractivity contribution in [3.05, 3.63) is 23.4 Å². The van der Waals surface area contributed by atoms with Crippen LogP contribution in [-0.2, 0) is 4.74 Å². The first-order valence-corrected chi connectivity index (χ1v) is 7.84. The number of halogens is 6. The topological polar surface area (TPSA) is 32.5 Å². The number of alkyl halides is 6. The van der Waals surface area contributed by atoms with Crippen LogP contribution in [0.15, 0.2) is 23.4 Å². The van der Waals surface area contributed by atoms with Crippen molar-refractivity contribution in [1.29, 1.82) is 0 Å². The molecule has 9 heteroatoms. The summed E-state index contributed by atoms with van der Waals surface area (Å²) in [5.41, 5.74) is -1.67. The summed E-state index contributed by atoms with van der Waals surface area (Å²) in [5.74, 6) is -3.87. The number of nitrogens with zero attached hydrogens (tertiary/aromatic N) is 1. The van der Waals surface area contributed by atoms with Crippen LogP contribution >= 0.6 is 0 Å². The van der Waals surface area contributed by atoms with Gasteiger partial charge in [-0.25, -0.2) is 4.58 Å². The summed E-state index contributed by atoms with van der Waals surface area (Å²) in [6.45, 7) is 9.11. The zero-order valence-corrected chi connectivity index (χ0v) is 15.5. The third kappa shape index (κ3) is 5.84. The Hall–Kier alpha value is -1.35. The molecule has 1 atom stereocenters. The Labute approximate surface area is 149 Å². The van der Waals surface area contributed by atoms with Crippen molar-refractivity contribution in [2.75, 3.05) is 20.3 Å². The van der Waals surface area contributed by atoms with Crippen molar-refractivity contribution in [2.45, 2.75) is 45.6 Å². The first kappa shape index (κ1) is 24.7. The second kappa shape index (κ2) is 9.03.